The van der Waals surface area contributed by atoms with Crippen LogP contribution in [0, 0.1) is 5.92 Å². The second-order valence-electron chi connectivity index (χ2n) is 8.31. The first-order valence-corrected chi connectivity index (χ1v) is 10.1. The third kappa shape index (κ3) is 6.91. The van der Waals surface area contributed by atoms with Crippen LogP contribution in [-0.4, -0.2) is 30.1 Å². The van der Waals surface area contributed by atoms with Crippen molar-refractivity contribution < 1.29 is 4.42 Å². The number of hydrogen-bond acceptors (Lipinski definition) is 4. The minimum atomic E-state index is -0.0503. The second-order valence-corrected chi connectivity index (χ2v) is 8.31. The zero-order chi connectivity index (χ0) is 20.6. The predicted octanol–water partition coefficient (Wildman–Crippen LogP) is 4.16. The van der Waals surface area contributed by atoms with Crippen LogP contribution in [0.25, 0.3) is 0 Å². The number of oxazole rings is 1. The summed E-state index contributed by atoms with van der Waals surface area (Å²) in [5.74, 6) is 2.74. The average Bonchev–Trinajstić information content (AvgIpc) is 3.13. The Bertz CT molecular complexity index is 731. The Hall–Kier alpha value is -2.50. The molecule has 1 aromatic carbocycles. The van der Waals surface area contributed by atoms with Crippen LogP contribution in [0.3, 0.4) is 0 Å². The van der Waals surface area contributed by atoms with E-state index < -0.39 is 0 Å². The van der Waals surface area contributed by atoms with Crippen molar-refractivity contribution in [3.63, 3.8) is 0 Å². The summed E-state index contributed by atoms with van der Waals surface area (Å²) >= 11 is 0. The summed E-state index contributed by atoms with van der Waals surface area (Å²) in [6.07, 6.45) is 1.80. The highest BCUT2D eigenvalue weighted by molar-refractivity contribution is 5.79. The largest absolute Gasteiger partial charge is 0.443 e. The van der Waals surface area contributed by atoms with Gasteiger partial charge in [0, 0.05) is 30.2 Å². The lowest BCUT2D eigenvalue weighted by Crippen LogP contribution is -2.44. The van der Waals surface area contributed by atoms with Crippen molar-refractivity contribution in [1.82, 2.24) is 15.6 Å². The maximum Gasteiger partial charge on any atom is 0.216 e. The summed E-state index contributed by atoms with van der Waals surface area (Å²) in [5.41, 5.74) is 1.07. The van der Waals surface area contributed by atoms with Gasteiger partial charge in [-0.2, -0.15) is 0 Å². The average molecular weight is 386 g/mol. The molecule has 2 aromatic rings. The van der Waals surface area contributed by atoms with E-state index in [0.717, 1.165) is 30.5 Å². The molecule has 0 fully saturated rings. The number of aromatic nitrogens is 1. The molecule has 1 atom stereocenters. The molecule has 1 aromatic heterocycles. The Kier molecular flexibility index (Phi) is 7.91. The molecule has 0 bridgehead atoms. The highest BCUT2D eigenvalue weighted by atomic mass is 16.4. The van der Waals surface area contributed by atoms with Crippen LogP contribution >= 0.6 is 0 Å². The van der Waals surface area contributed by atoms with Gasteiger partial charge in [0.05, 0.1) is 6.20 Å². The van der Waals surface area contributed by atoms with Gasteiger partial charge in [-0.15, -0.1) is 0 Å². The minimum absolute atomic E-state index is 0.0503. The fourth-order valence-electron chi connectivity index (χ4n) is 2.63. The van der Waals surface area contributed by atoms with E-state index in [1.165, 1.54) is 0 Å². The van der Waals surface area contributed by atoms with Crippen LogP contribution in [0.2, 0.25) is 0 Å². The molecule has 0 saturated carbocycles. The first-order valence-electron chi connectivity index (χ1n) is 10.1. The van der Waals surface area contributed by atoms with Gasteiger partial charge in [0.1, 0.15) is 12.3 Å². The standard InChI is InChI=1S/C22H35N5O/c1-7-23-21(26-15-20-24-14-19(28-20)22(4,5)6)25-13-18(16(2)3)27-17-11-9-8-10-12-17/h8-12,14,16,18,27H,7,13,15H2,1-6H3,(H2,23,25,26). The van der Waals surface area contributed by atoms with Crippen molar-refractivity contribution in [1.29, 1.82) is 0 Å². The van der Waals surface area contributed by atoms with Gasteiger partial charge in [-0.3, -0.25) is 0 Å². The monoisotopic (exact) mass is 385 g/mol. The normalized spacial score (nSPS) is 13.5. The maximum atomic E-state index is 5.83. The molecule has 2 rings (SSSR count). The number of benzene rings is 1. The molecule has 28 heavy (non-hydrogen) atoms. The molecule has 1 heterocycles. The van der Waals surface area contributed by atoms with Crippen LogP contribution in [0.15, 0.2) is 45.9 Å². The fourth-order valence-corrected chi connectivity index (χ4v) is 2.63. The predicted molar refractivity (Wildman–Crippen MR) is 117 cm³/mol. The van der Waals surface area contributed by atoms with Crippen LogP contribution in [0.5, 0.6) is 0 Å². The summed E-state index contributed by atoms with van der Waals surface area (Å²) in [6.45, 7) is 14.8. The quantitative estimate of drug-likeness (QED) is 0.470. The molecule has 0 radical (unpaired) electrons. The Labute approximate surface area is 169 Å². The lowest BCUT2D eigenvalue weighted by Gasteiger charge is -2.25. The number of para-hydroxylation sites is 1. The van der Waals surface area contributed by atoms with Crippen LogP contribution in [0.1, 0.15) is 53.2 Å². The Morgan fingerprint density at radius 3 is 2.43 bits per heavy atom. The number of anilines is 1. The van der Waals surface area contributed by atoms with Crippen LogP contribution < -0.4 is 16.0 Å². The summed E-state index contributed by atoms with van der Waals surface area (Å²) < 4.78 is 5.83. The van der Waals surface area contributed by atoms with E-state index in [9.17, 15) is 0 Å². The van der Waals surface area contributed by atoms with Gasteiger partial charge >= 0.3 is 0 Å². The van der Waals surface area contributed by atoms with Crippen molar-refractivity contribution in [2.24, 2.45) is 10.9 Å². The molecule has 3 N–H and O–H groups in total. The van der Waals surface area contributed by atoms with Gasteiger partial charge < -0.3 is 20.4 Å². The molecule has 0 spiro atoms. The highest BCUT2D eigenvalue weighted by Gasteiger charge is 2.19. The number of aliphatic imine (C=N–C) groups is 1. The van der Waals surface area contributed by atoms with E-state index in [-0.39, 0.29) is 11.5 Å². The van der Waals surface area contributed by atoms with Gasteiger partial charge in [-0.25, -0.2) is 9.98 Å². The van der Waals surface area contributed by atoms with Gasteiger partial charge in [0.2, 0.25) is 5.89 Å². The van der Waals surface area contributed by atoms with Crippen LogP contribution in [0.4, 0.5) is 5.69 Å². The van der Waals surface area contributed by atoms with Crippen LogP contribution in [-0.2, 0) is 12.0 Å². The lowest BCUT2D eigenvalue weighted by molar-refractivity contribution is 0.383. The van der Waals surface area contributed by atoms with E-state index in [2.05, 4.69) is 79.6 Å². The first kappa shape index (κ1) is 21.8. The number of hydrogen-bond donors (Lipinski definition) is 3. The van der Waals surface area contributed by atoms with Gasteiger partial charge in [-0.05, 0) is 25.0 Å². The van der Waals surface area contributed by atoms with Crippen molar-refractivity contribution >= 4 is 11.6 Å². The summed E-state index contributed by atoms with van der Waals surface area (Å²) in [6, 6.07) is 10.6. The summed E-state index contributed by atoms with van der Waals surface area (Å²) in [4.78, 5) is 8.98. The third-order valence-electron chi connectivity index (χ3n) is 4.43. The lowest BCUT2D eigenvalue weighted by atomic mass is 9.94. The third-order valence-corrected chi connectivity index (χ3v) is 4.43. The van der Waals surface area contributed by atoms with E-state index >= 15 is 0 Å². The Morgan fingerprint density at radius 2 is 1.86 bits per heavy atom. The molecule has 0 saturated heterocycles. The van der Waals surface area contributed by atoms with E-state index in [1.807, 2.05) is 18.2 Å². The van der Waals surface area contributed by atoms with Gasteiger partial charge in [-0.1, -0.05) is 52.8 Å². The number of nitrogens with one attached hydrogen (secondary N) is 3. The molecule has 154 valence electrons. The zero-order valence-electron chi connectivity index (χ0n) is 18.0. The highest BCUT2D eigenvalue weighted by Crippen LogP contribution is 2.22. The van der Waals surface area contributed by atoms with Crippen molar-refractivity contribution in [2.75, 3.05) is 18.4 Å². The molecule has 0 aliphatic carbocycles. The summed E-state index contributed by atoms with van der Waals surface area (Å²) in [5, 5.41) is 10.3. The SMILES string of the molecule is CCNC(=NCc1ncc(C(C)(C)C)o1)NCC(Nc1ccccc1)C(C)C. The van der Waals surface area contributed by atoms with Gasteiger partial charge in [0.15, 0.2) is 5.96 Å². The molecule has 0 aliphatic heterocycles. The van der Waals surface area contributed by atoms with Crippen molar-refractivity contribution in [2.45, 2.75) is 59.5 Å². The number of guanidine groups is 1. The molecular formula is C22H35N5O. The Balaban J connectivity index is 1.98. The zero-order valence-corrected chi connectivity index (χ0v) is 18.0. The number of nitrogens with zero attached hydrogens (tertiary/aromatic N) is 2. The maximum absolute atomic E-state index is 5.83. The molecule has 1 unspecified atom stereocenters. The molecule has 6 nitrogen and oxygen atoms in total. The van der Waals surface area contributed by atoms with E-state index in [0.29, 0.717) is 18.4 Å². The first-order chi connectivity index (χ1) is 13.3. The molecule has 6 heteroatoms. The Morgan fingerprint density at radius 1 is 1.14 bits per heavy atom. The molecule has 0 aliphatic rings. The second kappa shape index (κ2) is 10.2. The fraction of sp³-hybridized carbons (Fsp3) is 0.545. The van der Waals surface area contributed by atoms with E-state index in [1.54, 1.807) is 6.20 Å². The smallest absolute Gasteiger partial charge is 0.216 e. The molecule has 0 amide bonds. The van der Waals surface area contributed by atoms with Gasteiger partial charge in [0.25, 0.3) is 0 Å². The molecular weight excluding hydrogens is 350 g/mol. The topological polar surface area (TPSA) is 74.5 Å². The van der Waals surface area contributed by atoms with Crippen molar-refractivity contribution in [3.8, 4) is 0 Å². The minimum Gasteiger partial charge on any atom is -0.443 e. The number of rotatable bonds is 8. The van der Waals surface area contributed by atoms with Crippen molar-refractivity contribution in [3.05, 3.63) is 48.2 Å². The van der Waals surface area contributed by atoms with E-state index in [4.69, 9.17) is 4.42 Å². The summed E-state index contributed by atoms with van der Waals surface area (Å²) in [7, 11) is 0.